The number of rotatable bonds is 5. The second-order valence-electron chi connectivity index (χ2n) is 6.77. The normalized spacial score (nSPS) is 14.9. The first-order valence-corrected chi connectivity index (χ1v) is 10.8. The number of nitrogens with zero attached hydrogens (tertiary/aromatic N) is 1. The zero-order valence-electron chi connectivity index (χ0n) is 16.4. The van der Waals surface area contributed by atoms with Gasteiger partial charge >= 0.3 is 0 Å². The van der Waals surface area contributed by atoms with Crippen LogP contribution in [0.3, 0.4) is 0 Å². The van der Waals surface area contributed by atoms with Crippen molar-refractivity contribution in [1.82, 2.24) is 4.90 Å². The van der Waals surface area contributed by atoms with Gasteiger partial charge in [0.05, 0.1) is 15.6 Å². The standard InChI is InChI=1S/C22H12Cl2F2N2O4S/c23-11-1-4-15(24)14(7-11)18-6-3-13(32-18)9-19-21(30)28(22(31)33-19)10-20(29)27-17-5-2-12(25)8-16(17)26/h1-9H,10H2,(H,27,29)/b19-9+. The fourth-order valence-electron chi connectivity index (χ4n) is 2.95. The third kappa shape index (κ3) is 5.11. The Morgan fingerprint density at radius 2 is 1.88 bits per heavy atom. The summed E-state index contributed by atoms with van der Waals surface area (Å²) in [7, 11) is 0. The van der Waals surface area contributed by atoms with Crippen LogP contribution in [0, 0.1) is 11.6 Å². The molecular weight excluding hydrogens is 497 g/mol. The molecule has 0 radical (unpaired) electrons. The number of anilines is 1. The van der Waals surface area contributed by atoms with Crippen molar-refractivity contribution in [3.05, 3.63) is 80.9 Å². The molecule has 1 aliphatic heterocycles. The van der Waals surface area contributed by atoms with Gasteiger partial charge in [-0.2, -0.15) is 0 Å². The van der Waals surface area contributed by atoms with Gasteiger partial charge in [-0.05, 0) is 54.2 Å². The van der Waals surface area contributed by atoms with E-state index >= 15 is 0 Å². The summed E-state index contributed by atoms with van der Waals surface area (Å²) in [6, 6.07) is 10.7. The lowest BCUT2D eigenvalue weighted by molar-refractivity contribution is -0.127. The van der Waals surface area contributed by atoms with Crippen LogP contribution in [0.5, 0.6) is 0 Å². The van der Waals surface area contributed by atoms with E-state index in [1.54, 1.807) is 30.3 Å². The van der Waals surface area contributed by atoms with Crippen LogP contribution in [-0.4, -0.2) is 28.5 Å². The van der Waals surface area contributed by atoms with Crippen molar-refractivity contribution in [2.75, 3.05) is 11.9 Å². The molecule has 0 aliphatic carbocycles. The first-order chi connectivity index (χ1) is 15.7. The largest absolute Gasteiger partial charge is 0.457 e. The van der Waals surface area contributed by atoms with Crippen LogP contribution in [0.2, 0.25) is 10.0 Å². The summed E-state index contributed by atoms with van der Waals surface area (Å²) < 4.78 is 32.4. The first-order valence-electron chi connectivity index (χ1n) is 9.27. The average molecular weight is 509 g/mol. The second-order valence-corrected chi connectivity index (χ2v) is 8.60. The minimum atomic E-state index is -0.981. The number of imide groups is 1. The predicted molar refractivity (Wildman–Crippen MR) is 122 cm³/mol. The van der Waals surface area contributed by atoms with E-state index in [1.807, 2.05) is 0 Å². The monoisotopic (exact) mass is 508 g/mol. The van der Waals surface area contributed by atoms with Crippen LogP contribution in [-0.2, 0) is 9.59 Å². The van der Waals surface area contributed by atoms with E-state index in [1.165, 1.54) is 6.08 Å². The van der Waals surface area contributed by atoms with Gasteiger partial charge < -0.3 is 9.73 Å². The molecule has 0 spiro atoms. The lowest BCUT2D eigenvalue weighted by atomic mass is 10.2. The number of carbonyl (C=O) groups is 3. The van der Waals surface area contributed by atoms with Crippen LogP contribution in [0.25, 0.3) is 17.4 Å². The maximum absolute atomic E-state index is 13.7. The molecule has 3 amide bonds. The lowest BCUT2D eigenvalue weighted by Gasteiger charge is -2.12. The molecule has 0 unspecified atom stereocenters. The number of halogens is 4. The number of amides is 3. The van der Waals surface area contributed by atoms with Crippen LogP contribution < -0.4 is 5.32 Å². The molecule has 2 aromatic carbocycles. The van der Waals surface area contributed by atoms with Crippen LogP contribution >= 0.6 is 35.0 Å². The van der Waals surface area contributed by atoms with E-state index in [4.69, 9.17) is 27.6 Å². The summed E-state index contributed by atoms with van der Waals surface area (Å²) in [5.41, 5.74) is 0.285. The highest BCUT2D eigenvalue weighted by atomic mass is 35.5. The third-order valence-electron chi connectivity index (χ3n) is 4.47. The highest BCUT2D eigenvalue weighted by Gasteiger charge is 2.36. The van der Waals surface area contributed by atoms with E-state index in [-0.39, 0.29) is 16.4 Å². The van der Waals surface area contributed by atoms with Gasteiger partial charge in [0.1, 0.15) is 29.7 Å². The van der Waals surface area contributed by atoms with Crippen molar-refractivity contribution in [3.63, 3.8) is 0 Å². The molecule has 1 N–H and O–H groups in total. The molecule has 2 heterocycles. The lowest BCUT2D eigenvalue weighted by Crippen LogP contribution is -2.36. The summed E-state index contributed by atoms with van der Waals surface area (Å²) >= 11 is 12.8. The Labute approximate surface area is 200 Å². The fraction of sp³-hybridized carbons (Fsp3) is 0.0455. The molecule has 0 saturated carbocycles. The molecule has 33 heavy (non-hydrogen) atoms. The quantitative estimate of drug-likeness (QED) is 0.414. The first kappa shape index (κ1) is 23.0. The number of furan rings is 1. The second kappa shape index (κ2) is 9.38. The SMILES string of the molecule is O=C(CN1C(=O)S/C(=C/c2ccc(-c3cc(Cl)ccc3Cl)o2)C1=O)Nc1ccc(F)cc1F. The summed E-state index contributed by atoms with van der Waals surface area (Å²) in [6.45, 7) is -0.639. The number of carbonyl (C=O) groups excluding carboxylic acids is 3. The van der Waals surface area contributed by atoms with E-state index in [9.17, 15) is 23.2 Å². The molecular formula is C22H12Cl2F2N2O4S. The van der Waals surface area contributed by atoms with Gasteiger partial charge in [0.25, 0.3) is 11.1 Å². The van der Waals surface area contributed by atoms with Crippen LogP contribution in [0.4, 0.5) is 19.3 Å². The van der Waals surface area contributed by atoms with Crippen molar-refractivity contribution in [1.29, 1.82) is 0 Å². The van der Waals surface area contributed by atoms with Crippen molar-refractivity contribution >= 4 is 63.8 Å². The van der Waals surface area contributed by atoms with Crippen LogP contribution in [0.15, 0.2) is 57.9 Å². The van der Waals surface area contributed by atoms with Gasteiger partial charge in [-0.25, -0.2) is 8.78 Å². The van der Waals surface area contributed by atoms with Gasteiger partial charge in [-0.15, -0.1) is 0 Å². The predicted octanol–water partition coefficient (Wildman–Crippen LogP) is 6.21. The number of nitrogens with one attached hydrogen (secondary N) is 1. The summed E-state index contributed by atoms with van der Waals surface area (Å²) in [5.74, 6) is -2.62. The number of hydrogen-bond acceptors (Lipinski definition) is 5. The molecule has 11 heteroatoms. The van der Waals surface area contributed by atoms with Crippen molar-refractivity contribution in [3.8, 4) is 11.3 Å². The molecule has 3 aromatic rings. The molecule has 1 fully saturated rings. The Bertz CT molecular complexity index is 1330. The molecule has 6 nitrogen and oxygen atoms in total. The number of hydrogen-bond donors (Lipinski definition) is 1. The Morgan fingerprint density at radius 1 is 1.09 bits per heavy atom. The van der Waals surface area contributed by atoms with Gasteiger partial charge in [-0.1, -0.05) is 23.2 Å². The molecule has 0 bridgehead atoms. The highest BCUT2D eigenvalue weighted by Crippen LogP contribution is 2.35. The zero-order valence-corrected chi connectivity index (χ0v) is 18.7. The fourth-order valence-corrected chi connectivity index (χ4v) is 4.15. The van der Waals surface area contributed by atoms with Gasteiger partial charge in [0.2, 0.25) is 5.91 Å². The maximum atomic E-state index is 13.7. The molecule has 1 aromatic heterocycles. The van der Waals surface area contributed by atoms with E-state index < -0.39 is 35.2 Å². The van der Waals surface area contributed by atoms with Crippen molar-refractivity contribution in [2.45, 2.75) is 0 Å². The summed E-state index contributed by atoms with van der Waals surface area (Å²) in [4.78, 5) is 37.8. The van der Waals surface area contributed by atoms with Gasteiger partial charge in [-0.3, -0.25) is 19.3 Å². The number of thioether (sulfide) groups is 1. The highest BCUT2D eigenvalue weighted by molar-refractivity contribution is 8.18. The minimum Gasteiger partial charge on any atom is -0.457 e. The molecule has 1 aliphatic rings. The maximum Gasteiger partial charge on any atom is 0.294 e. The van der Waals surface area contributed by atoms with Crippen molar-refractivity contribution < 1.29 is 27.6 Å². The van der Waals surface area contributed by atoms with Crippen molar-refractivity contribution in [2.24, 2.45) is 0 Å². The summed E-state index contributed by atoms with van der Waals surface area (Å²) in [6.07, 6.45) is 1.37. The van der Waals surface area contributed by atoms with Crippen LogP contribution in [0.1, 0.15) is 5.76 Å². The Balaban J connectivity index is 1.47. The third-order valence-corrected chi connectivity index (χ3v) is 5.95. The average Bonchev–Trinajstić information content (AvgIpc) is 3.32. The molecule has 4 rings (SSSR count). The van der Waals surface area contributed by atoms with E-state index in [0.29, 0.717) is 44.1 Å². The molecule has 0 atom stereocenters. The zero-order chi connectivity index (χ0) is 23.7. The molecule has 1 saturated heterocycles. The summed E-state index contributed by atoms with van der Waals surface area (Å²) in [5, 5.41) is 2.41. The van der Waals surface area contributed by atoms with E-state index in [2.05, 4.69) is 5.32 Å². The van der Waals surface area contributed by atoms with Gasteiger partial charge in [0, 0.05) is 22.7 Å². The van der Waals surface area contributed by atoms with E-state index in [0.717, 1.165) is 12.1 Å². The topological polar surface area (TPSA) is 79.6 Å². The Hall–Kier alpha value is -3.14. The Kier molecular flexibility index (Phi) is 6.55. The van der Waals surface area contributed by atoms with Gasteiger partial charge in [0.15, 0.2) is 0 Å². The Morgan fingerprint density at radius 3 is 2.64 bits per heavy atom. The smallest absolute Gasteiger partial charge is 0.294 e. The number of benzene rings is 2. The minimum absolute atomic E-state index is 0.0406. The molecule has 168 valence electrons.